The number of H-pyrrole nitrogens is 1. The van der Waals surface area contributed by atoms with Gasteiger partial charge in [-0.05, 0) is 67.9 Å². The van der Waals surface area contributed by atoms with E-state index in [-0.39, 0.29) is 18.4 Å². The van der Waals surface area contributed by atoms with Gasteiger partial charge in [-0.1, -0.05) is 15.9 Å². The van der Waals surface area contributed by atoms with Gasteiger partial charge in [0.25, 0.3) is 0 Å². The summed E-state index contributed by atoms with van der Waals surface area (Å²) in [5.74, 6) is 3.61. The van der Waals surface area contributed by atoms with E-state index in [1.54, 1.807) is 16.3 Å². The van der Waals surface area contributed by atoms with Crippen molar-refractivity contribution in [3.63, 3.8) is 0 Å². The molecular weight excluding hydrogens is 466 g/mol. The lowest BCUT2D eigenvalue weighted by Crippen LogP contribution is -2.56. The van der Waals surface area contributed by atoms with Crippen molar-refractivity contribution < 1.29 is 4.79 Å². The molecule has 2 heterocycles. The molecular formula is C22H24BrN3O3S. The molecule has 1 aliphatic heterocycles. The van der Waals surface area contributed by atoms with Gasteiger partial charge in [-0.2, -0.15) is 0 Å². The van der Waals surface area contributed by atoms with Gasteiger partial charge in [-0.25, -0.2) is 0 Å². The van der Waals surface area contributed by atoms with Gasteiger partial charge in [-0.15, -0.1) is 11.8 Å². The Kier molecular flexibility index (Phi) is 4.46. The molecule has 6 nitrogen and oxygen atoms in total. The highest BCUT2D eigenvalue weighted by Gasteiger charge is 2.48. The maximum absolute atomic E-state index is 13.1. The minimum absolute atomic E-state index is 0.0129. The summed E-state index contributed by atoms with van der Waals surface area (Å²) < 4.78 is 2.42. The van der Waals surface area contributed by atoms with Crippen LogP contribution in [0.4, 0.5) is 0 Å². The molecule has 0 radical (unpaired) electrons. The Morgan fingerprint density at radius 1 is 1.13 bits per heavy atom. The third-order valence-electron chi connectivity index (χ3n) is 7.71. The van der Waals surface area contributed by atoms with Crippen LogP contribution in [0.1, 0.15) is 44.6 Å². The highest BCUT2D eigenvalue weighted by atomic mass is 79.9. The molecule has 1 aromatic heterocycles. The van der Waals surface area contributed by atoms with Crippen LogP contribution in [0.25, 0.3) is 11.0 Å². The quantitative estimate of drug-likeness (QED) is 0.646. The first kappa shape index (κ1) is 19.2. The van der Waals surface area contributed by atoms with Crippen LogP contribution in [0.5, 0.6) is 0 Å². The van der Waals surface area contributed by atoms with E-state index in [1.807, 2.05) is 12.1 Å². The number of nitrogens with zero attached hydrogens (tertiary/aromatic N) is 1. The molecule has 8 heteroatoms. The largest absolute Gasteiger partial charge is 0.353 e. The molecule has 0 saturated heterocycles. The Hall–Kier alpha value is -1.54. The molecule has 2 N–H and O–H groups in total. The number of carbonyl (C=O) groups is 1. The van der Waals surface area contributed by atoms with Crippen molar-refractivity contribution in [2.45, 2.75) is 55.5 Å². The number of thioether (sulfide) groups is 1. The number of nitrogens with one attached hydrogen (secondary N) is 2. The lowest BCUT2D eigenvalue weighted by Gasteiger charge is -2.54. The minimum Gasteiger partial charge on any atom is -0.353 e. The Balaban J connectivity index is 1.28. The topological polar surface area (TPSA) is 84.0 Å². The monoisotopic (exact) mass is 489 g/mol. The van der Waals surface area contributed by atoms with E-state index in [4.69, 9.17) is 0 Å². The molecule has 4 fully saturated rings. The van der Waals surface area contributed by atoms with Crippen molar-refractivity contribution in [3.8, 4) is 0 Å². The van der Waals surface area contributed by atoms with Gasteiger partial charge < -0.3 is 10.3 Å². The smallest absolute Gasteiger partial charge is 0.317 e. The fraction of sp³-hybridized carbons (Fsp3) is 0.591. The van der Waals surface area contributed by atoms with Crippen LogP contribution in [0, 0.1) is 23.7 Å². The average molecular weight is 490 g/mol. The first-order valence-electron chi connectivity index (χ1n) is 10.9. The first-order valence-corrected chi connectivity index (χ1v) is 12.6. The molecule has 4 aliphatic carbocycles. The fourth-order valence-electron chi connectivity index (χ4n) is 6.79. The molecule has 1 aromatic carbocycles. The second kappa shape index (κ2) is 6.99. The first-order chi connectivity index (χ1) is 14.5. The highest BCUT2D eigenvalue weighted by Crippen LogP contribution is 2.53. The molecule has 7 rings (SSSR count). The van der Waals surface area contributed by atoms with Crippen LogP contribution in [-0.2, 0) is 4.79 Å². The third-order valence-corrected chi connectivity index (χ3v) is 9.35. The predicted octanol–water partition coefficient (Wildman–Crippen LogP) is 3.43. The number of hydrogen-bond acceptors (Lipinski definition) is 4. The van der Waals surface area contributed by atoms with E-state index in [2.05, 4.69) is 26.2 Å². The van der Waals surface area contributed by atoms with Gasteiger partial charge >= 0.3 is 11.1 Å². The molecule has 5 aliphatic rings. The molecule has 30 heavy (non-hydrogen) atoms. The number of rotatable bonds is 3. The van der Waals surface area contributed by atoms with Crippen molar-refractivity contribution in [2.75, 3.05) is 5.75 Å². The molecule has 2 aromatic rings. The number of halogens is 1. The Morgan fingerprint density at radius 3 is 2.53 bits per heavy atom. The van der Waals surface area contributed by atoms with Gasteiger partial charge in [0.05, 0.1) is 17.1 Å². The van der Waals surface area contributed by atoms with E-state index < -0.39 is 11.1 Å². The maximum atomic E-state index is 13.1. The zero-order valence-electron chi connectivity index (χ0n) is 16.5. The van der Waals surface area contributed by atoms with Crippen molar-refractivity contribution in [2.24, 2.45) is 23.7 Å². The standard InChI is InChI=1S/C22H24BrN3O3S/c23-14-6-16-20-17(7-14)30-9-15(26(20)22(29)21(28)24-16)8-18(27)25-19-12-2-10-1-11(4-12)5-13(19)3-10/h6-7,10-13,15,19H,1-5,8-9H2,(H,24,28)(H,25,27). The van der Waals surface area contributed by atoms with Crippen LogP contribution >= 0.6 is 27.7 Å². The lowest BCUT2D eigenvalue weighted by atomic mass is 9.54. The van der Waals surface area contributed by atoms with Gasteiger partial charge in [0.2, 0.25) is 5.91 Å². The Labute approximate surface area is 186 Å². The van der Waals surface area contributed by atoms with E-state index in [1.165, 1.54) is 32.1 Å². The number of carbonyl (C=O) groups excluding carboxylic acids is 1. The fourth-order valence-corrected chi connectivity index (χ4v) is 8.60. The molecule has 0 spiro atoms. The SMILES string of the molecule is O=C(CC1CSc2cc(Br)cc3[nH]c(=O)c(=O)n1c23)NC1C2CC3CC(C2)CC1C3. The van der Waals surface area contributed by atoms with Crippen molar-refractivity contribution >= 4 is 44.6 Å². The molecule has 1 unspecified atom stereocenters. The second-order valence-electron chi connectivity index (χ2n) is 9.62. The van der Waals surface area contributed by atoms with Crippen LogP contribution < -0.4 is 16.4 Å². The molecule has 1 atom stereocenters. The summed E-state index contributed by atoms with van der Waals surface area (Å²) in [5.41, 5.74) is 0.151. The maximum Gasteiger partial charge on any atom is 0.317 e. The second-order valence-corrected chi connectivity index (χ2v) is 11.6. The van der Waals surface area contributed by atoms with E-state index in [0.717, 1.165) is 26.7 Å². The van der Waals surface area contributed by atoms with Gasteiger partial charge in [0.15, 0.2) is 0 Å². The van der Waals surface area contributed by atoms with Gasteiger partial charge in [-0.3, -0.25) is 19.0 Å². The molecule has 158 valence electrons. The normalized spacial score (nSPS) is 33.8. The van der Waals surface area contributed by atoms with Crippen LogP contribution in [0.15, 0.2) is 31.1 Å². The summed E-state index contributed by atoms with van der Waals surface area (Å²) in [6.07, 6.45) is 6.66. The summed E-state index contributed by atoms with van der Waals surface area (Å²) in [6.45, 7) is 0. The average Bonchev–Trinajstić information content (AvgIpc) is 2.69. The van der Waals surface area contributed by atoms with Crippen molar-refractivity contribution in [3.05, 3.63) is 37.3 Å². The van der Waals surface area contributed by atoms with E-state index >= 15 is 0 Å². The summed E-state index contributed by atoms with van der Waals surface area (Å²) in [7, 11) is 0. The number of hydrogen-bond donors (Lipinski definition) is 2. The molecule has 4 bridgehead atoms. The number of aromatic amines is 1. The summed E-state index contributed by atoms with van der Waals surface area (Å²) in [6, 6.07) is 3.76. The van der Waals surface area contributed by atoms with Crippen molar-refractivity contribution in [1.29, 1.82) is 0 Å². The highest BCUT2D eigenvalue weighted by molar-refractivity contribution is 9.10. The van der Waals surface area contributed by atoms with Gasteiger partial charge in [0.1, 0.15) is 0 Å². The predicted molar refractivity (Wildman–Crippen MR) is 120 cm³/mol. The zero-order valence-corrected chi connectivity index (χ0v) is 18.9. The summed E-state index contributed by atoms with van der Waals surface area (Å²) in [4.78, 5) is 41.7. The van der Waals surface area contributed by atoms with Crippen LogP contribution in [0.3, 0.4) is 0 Å². The van der Waals surface area contributed by atoms with Crippen molar-refractivity contribution in [1.82, 2.24) is 14.9 Å². The Bertz CT molecular complexity index is 1140. The Morgan fingerprint density at radius 2 is 1.83 bits per heavy atom. The molecule has 1 amide bonds. The summed E-state index contributed by atoms with van der Waals surface area (Å²) in [5, 5.41) is 3.35. The molecule has 4 saturated carbocycles. The number of benzene rings is 1. The van der Waals surface area contributed by atoms with Crippen LogP contribution in [-0.4, -0.2) is 27.3 Å². The third kappa shape index (κ3) is 3.01. The van der Waals surface area contributed by atoms with Gasteiger partial charge in [0, 0.05) is 27.6 Å². The number of aromatic nitrogens is 2. The summed E-state index contributed by atoms with van der Waals surface area (Å²) >= 11 is 5.11. The zero-order chi connectivity index (χ0) is 20.6. The minimum atomic E-state index is -0.634. The number of amides is 1. The lowest BCUT2D eigenvalue weighted by molar-refractivity contribution is -0.125. The van der Waals surface area contributed by atoms with E-state index in [9.17, 15) is 14.4 Å². The van der Waals surface area contributed by atoms with Crippen LogP contribution in [0.2, 0.25) is 0 Å². The van der Waals surface area contributed by atoms with E-state index in [0.29, 0.717) is 29.1 Å².